The van der Waals surface area contributed by atoms with Gasteiger partial charge in [-0.15, -0.1) is 0 Å². The van der Waals surface area contributed by atoms with E-state index in [0.29, 0.717) is 6.61 Å². The fourth-order valence-corrected chi connectivity index (χ4v) is 2.18. The highest BCUT2D eigenvalue weighted by Crippen LogP contribution is 2.15. The summed E-state index contributed by atoms with van der Waals surface area (Å²) >= 11 is 5.84. The summed E-state index contributed by atoms with van der Waals surface area (Å²) in [6.45, 7) is 3.56. The molecule has 4 heteroatoms. The zero-order valence-electron chi connectivity index (χ0n) is 11.8. The molecular weight excluding hydrogens is 272 g/mol. The summed E-state index contributed by atoms with van der Waals surface area (Å²) in [5, 5.41) is 0.721. The summed E-state index contributed by atoms with van der Waals surface area (Å²) in [6.07, 6.45) is 3.97. The lowest BCUT2D eigenvalue weighted by Crippen LogP contribution is -2.23. The maximum absolute atomic E-state index is 6.01. The van der Waals surface area contributed by atoms with Gasteiger partial charge in [-0.1, -0.05) is 18.5 Å². The highest BCUT2D eigenvalue weighted by molar-refractivity contribution is 6.30. The van der Waals surface area contributed by atoms with E-state index in [0.717, 1.165) is 30.2 Å². The lowest BCUT2D eigenvalue weighted by molar-refractivity contribution is 0.296. The molecule has 0 aliphatic heterocycles. The van der Waals surface area contributed by atoms with E-state index in [-0.39, 0.29) is 6.04 Å². The van der Waals surface area contributed by atoms with E-state index in [1.54, 1.807) is 0 Å². The minimum absolute atomic E-state index is 0.223. The van der Waals surface area contributed by atoms with Crippen LogP contribution in [0, 0.1) is 0 Å². The van der Waals surface area contributed by atoms with E-state index in [1.165, 1.54) is 5.69 Å². The number of rotatable bonds is 7. The molecule has 0 bridgehead atoms. The van der Waals surface area contributed by atoms with Crippen LogP contribution >= 0.6 is 11.6 Å². The third-order valence-electron chi connectivity index (χ3n) is 3.33. The Hall–Kier alpha value is -1.45. The molecule has 20 heavy (non-hydrogen) atoms. The van der Waals surface area contributed by atoms with Crippen LogP contribution in [0.3, 0.4) is 0 Å². The second-order valence-electron chi connectivity index (χ2n) is 4.87. The molecule has 0 amide bonds. The number of ether oxygens (including phenoxy) is 1. The Morgan fingerprint density at radius 3 is 2.70 bits per heavy atom. The molecule has 2 aromatic rings. The number of hydrogen-bond donors (Lipinski definition) is 1. The smallest absolute Gasteiger partial charge is 0.119 e. The van der Waals surface area contributed by atoms with Crippen molar-refractivity contribution in [1.29, 1.82) is 0 Å². The van der Waals surface area contributed by atoms with Crippen molar-refractivity contribution in [3.05, 3.63) is 53.3 Å². The van der Waals surface area contributed by atoms with Gasteiger partial charge in [-0.25, -0.2) is 0 Å². The van der Waals surface area contributed by atoms with E-state index in [1.807, 2.05) is 24.3 Å². The van der Waals surface area contributed by atoms with Crippen LogP contribution in [0.5, 0.6) is 5.75 Å². The first-order chi connectivity index (χ1) is 9.69. The van der Waals surface area contributed by atoms with Crippen LogP contribution in [-0.4, -0.2) is 17.2 Å². The fourth-order valence-electron chi connectivity index (χ4n) is 2.06. The molecule has 0 fully saturated rings. The lowest BCUT2D eigenvalue weighted by Gasteiger charge is -2.13. The minimum atomic E-state index is 0.223. The fraction of sp³-hybridized carbons (Fsp3) is 0.375. The zero-order chi connectivity index (χ0) is 14.4. The second-order valence-corrected chi connectivity index (χ2v) is 5.30. The Morgan fingerprint density at radius 2 is 2.00 bits per heavy atom. The molecule has 0 saturated carbocycles. The predicted molar refractivity (Wildman–Crippen MR) is 83.3 cm³/mol. The van der Waals surface area contributed by atoms with Crippen LogP contribution in [-0.2, 0) is 13.0 Å². The van der Waals surface area contributed by atoms with E-state index in [4.69, 9.17) is 22.1 Å². The first kappa shape index (κ1) is 14.9. The number of aromatic nitrogens is 1. The van der Waals surface area contributed by atoms with Crippen LogP contribution < -0.4 is 10.5 Å². The molecule has 0 saturated heterocycles. The van der Waals surface area contributed by atoms with E-state index < -0.39 is 0 Å². The van der Waals surface area contributed by atoms with Crippen molar-refractivity contribution in [1.82, 2.24) is 4.57 Å². The third-order valence-corrected chi connectivity index (χ3v) is 3.59. The average molecular weight is 293 g/mol. The van der Waals surface area contributed by atoms with Crippen molar-refractivity contribution in [2.45, 2.75) is 32.4 Å². The normalized spacial score (nSPS) is 12.3. The van der Waals surface area contributed by atoms with Gasteiger partial charge >= 0.3 is 0 Å². The number of benzene rings is 1. The summed E-state index contributed by atoms with van der Waals surface area (Å²) in [5.41, 5.74) is 7.27. The van der Waals surface area contributed by atoms with Gasteiger partial charge in [0.25, 0.3) is 0 Å². The molecular formula is C16H21ClN2O. The molecule has 0 aliphatic rings. The van der Waals surface area contributed by atoms with Gasteiger partial charge in [-0.05, 0) is 42.8 Å². The average Bonchev–Trinajstić information content (AvgIpc) is 2.88. The van der Waals surface area contributed by atoms with Crippen LogP contribution in [0.15, 0.2) is 42.6 Å². The van der Waals surface area contributed by atoms with Gasteiger partial charge in [0.2, 0.25) is 0 Å². The van der Waals surface area contributed by atoms with Gasteiger partial charge < -0.3 is 15.0 Å². The quantitative estimate of drug-likeness (QED) is 0.848. The lowest BCUT2D eigenvalue weighted by atomic mass is 10.1. The number of hydrogen-bond acceptors (Lipinski definition) is 2. The largest absolute Gasteiger partial charge is 0.492 e. The van der Waals surface area contributed by atoms with Crippen molar-refractivity contribution in [2.75, 3.05) is 6.61 Å². The number of nitrogens with zero attached hydrogens (tertiary/aromatic N) is 1. The van der Waals surface area contributed by atoms with Crippen LogP contribution in [0.25, 0.3) is 0 Å². The van der Waals surface area contributed by atoms with Crippen molar-refractivity contribution in [3.8, 4) is 5.75 Å². The Morgan fingerprint density at radius 1 is 1.25 bits per heavy atom. The van der Waals surface area contributed by atoms with Gasteiger partial charge in [-0.3, -0.25) is 0 Å². The van der Waals surface area contributed by atoms with E-state index in [9.17, 15) is 0 Å². The second kappa shape index (κ2) is 7.36. The number of nitrogens with two attached hydrogens (primary N) is 1. The van der Waals surface area contributed by atoms with Gasteiger partial charge in [0.15, 0.2) is 0 Å². The molecule has 1 unspecified atom stereocenters. The van der Waals surface area contributed by atoms with Gasteiger partial charge in [0.1, 0.15) is 12.4 Å². The summed E-state index contributed by atoms with van der Waals surface area (Å²) in [4.78, 5) is 0. The minimum Gasteiger partial charge on any atom is -0.492 e. The first-order valence-electron chi connectivity index (χ1n) is 6.97. The van der Waals surface area contributed by atoms with E-state index >= 15 is 0 Å². The predicted octanol–water partition coefficient (Wildman–Crippen LogP) is 3.50. The van der Waals surface area contributed by atoms with Crippen molar-refractivity contribution >= 4 is 11.6 Å². The Kier molecular flexibility index (Phi) is 5.50. The zero-order valence-corrected chi connectivity index (χ0v) is 12.5. The maximum Gasteiger partial charge on any atom is 0.119 e. The van der Waals surface area contributed by atoms with Gasteiger partial charge in [0.05, 0.1) is 6.54 Å². The molecule has 2 N–H and O–H groups in total. The molecule has 1 heterocycles. The highest BCUT2D eigenvalue weighted by atomic mass is 35.5. The summed E-state index contributed by atoms with van der Waals surface area (Å²) in [6, 6.07) is 11.8. The molecule has 108 valence electrons. The maximum atomic E-state index is 6.01. The van der Waals surface area contributed by atoms with Crippen LogP contribution in [0.2, 0.25) is 5.02 Å². The summed E-state index contributed by atoms with van der Waals surface area (Å²) in [5.74, 6) is 0.841. The van der Waals surface area contributed by atoms with Crippen molar-refractivity contribution in [3.63, 3.8) is 0 Å². The van der Waals surface area contributed by atoms with Crippen LogP contribution in [0.1, 0.15) is 19.0 Å². The summed E-state index contributed by atoms with van der Waals surface area (Å²) < 4.78 is 7.91. The third kappa shape index (κ3) is 4.29. The molecule has 0 aliphatic carbocycles. The van der Waals surface area contributed by atoms with Gasteiger partial charge in [-0.2, -0.15) is 0 Å². The van der Waals surface area contributed by atoms with Crippen LogP contribution in [0.4, 0.5) is 0 Å². The monoisotopic (exact) mass is 292 g/mol. The Balaban J connectivity index is 1.85. The Labute approximate surface area is 125 Å². The molecule has 3 nitrogen and oxygen atoms in total. The number of halogens is 1. The SMILES string of the molecule is CCC(N)Cc1cccn1CCOc1ccc(Cl)cc1. The topological polar surface area (TPSA) is 40.2 Å². The highest BCUT2D eigenvalue weighted by Gasteiger charge is 2.06. The molecule has 2 rings (SSSR count). The van der Waals surface area contributed by atoms with Crippen molar-refractivity contribution < 1.29 is 4.74 Å². The molecule has 0 spiro atoms. The van der Waals surface area contributed by atoms with E-state index in [2.05, 4.69) is 29.8 Å². The first-order valence-corrected chi connectivity index (χ1v) is 7.34. The molecule has 1 atom stereocenters. The Bertz CT molecular complexity index is 522. The standard InChI is InChI=1S/C16H21ClN2O/c1-2-14(18)12-15-4-3-9-19(15)10-11-20-16-7-5-13(17)6-8-16/h3-9,14H,2,10-12,18H2,1H3. The molecule has 1 aromatic carbocycles. The van der Waals surface area contributed by atoms with Gasteiger partial charge in [0, 0.05) is 29.4 Å². The molecule has 0 radical (unpaired) electrons. The van der Waals surface area contributed by atoms with Crippen molar-refractivity contribution in [2.24, 2.45) is 5.73 Å². The summed E-state index contributed by atoms with van der Waals surface area (Å²) in [7, 11) is 0. The molecule has 1 aromatic heterocycles.